The summed E-state index contributed by atoms with van der Waals surface area (Å²) in [5, 5.41) is 0. The van der Waals surface area contributed by atoms with Crippen LogP contribution in [0.3, 0.4) is 0 Å². The van der Waals surface area contributed by atoms with E-state index in [2.05, 4.69) is 104 Å². The minimum Gasteiger partial charge on any atom is -0.477 e. The van der Waals surface area contributed by atoms with Gasteiger partial charge in [-0.3, -0.25) is 0 Å². The summed E-state index contributed by atoms with van der Waals surface area (Å²) < 4.78 is 6.23. The van der Waals surface area contributed by atoms with Gasteiger partial charge in [-0.15, -0.1) is 0 Å². The molecule has 3 aromatic rings. The van der Waals surface area contributed by atoms with E-state index in [9.17, 15) is 0 Å². The minimum absolute atomic E-state index is 0.498. The van der Waals surface area contributed by atoms with E-state index in [0.29, 0.717) is 5.92 Å². The van der Waals surface area contributed by atoms with Gasteiger partial charge in [0.25, 0.3) is 0 Å². The van der Waals surface area contributed by atoms with E-state index in [4.69, 9.17) is 4.74 Å². The van der Waals surface area contributed by atoms with Crippen LogP contribution in [0.2, 0.25) is 0 Å². The van der Waals surface area contributed by atoms with Gasteiger partial charge in [-0.1, -0.05) is 98.8 Å². The monoisotopic (exact) mass is 383 g/mol. The van der Waals surface area contributed by atoms with Crippen molar-refractivity contribution >= 4 is 5.57 Å². The van der Waals surface area contributed by atoms with Gasteiger partial charge in [-0.25, -0.2) is 0 Å². The molecule has 0 unspecified atom stereocenters. The van der Waals surface area contributed by atoms with Crippen LogP contribution in [0.5, 0.6) is 0 Å². The molecule has 1 aliphatic rings. The predicted octanol–water partition coefficient (Wildman–Crippen LogP) is 6.25. The maximum absolute atomic E-state index is 6.23. The zero-order chi connectivity index (χ0) is 20.1. The Morgan fingerprint density at radius 3 is 2.24 bits per heavy atom. The number of hydrogen-bond acceptors (Lipinski definition) is 2. The summed E-state index contributed by atoms with van der Waals surface area (Å²) >= 11 is 0. The van der Waals surface area contributed by atoms with Crippen LogP contribution >= 0.6 is 0 Å². The second kappa shape index (κ2) is 9.00. The van der Waals surface area contributed by atoms with Gasteiger partial charge in [-0.05, 0) is 28.2 Å². The highest BCUT2D eigenvalue weighted by molar-refractivity contribution is 5.70. The lowest BCUT2D eigenvalue weighted by Crippen LogP contribution is -2.19. The van der Waals surface area contributed by atoms with Gasteiger partial charge in [0.05, 0.1) is 6.54 Å². The van der Waals surface area contributed by atoms with Crippen LogP contribution in [0, 0.1) is 0 Å². The largest absolute Gasteiger partial charge is 0.477 e. The Bertz CT molecular complexity index is 960. The lowest BCUT2D eigenvalue weighted by Gasteiger charge is -2.22. The van der Waals surface area contributed by atoms with Crippen LogP contribution < -0.4 is 0 Å². The fourth-order valence-electron chi connectivity index (χ4n) is 4.07. The van der Waals surface area contributed by atoms with Crippen LogP contribution in [-0.4, -0.2) is 18.1 Å². The fraction of sp³-hybridized carbons (Fsp3) is 0.259. The standard InChI is InChI=1S/C27H29NO/c1-21(2)25-16-10-9-15-24(25)19-26(23-13-7-4-8-14-23)27-28(17-18-29-27)20-22-11-5-3-6-12-22/h3-16,21H,17-20H2,1-2H3/b27-26-. The summed E-state index contributed by atoms with van der Waals surface area (Å²) in [6.07, 6.45) is 0.874. The summed E-state index contributed by atoms with van der Waals surface area (Å²) in [5.41, 5.74) is 6.61. The molecule has 0 saturated carbocycles. The molecule has 0 bridgehead atoms. The molecule has 0 N–H and O–H groups in total. The van der Waals surface area contributed by atoms with Crippen molar-refractivity contribution in [3.05, 3.63) is 113 Å². The first-order valence-electron chi connectivity index (χ1n) is 10.5. The summed E-state index contributed by atoms with van der Waals surface area (Å²) in [6.45, 7) is 7.07. The van der Waals surface area contributed by atoms with Crippen LogP contribution in [0.1, 0.15) is 42.0 Å². The van der Waals surface area contributed by atoms with Crippen LogP contribution in [0.4, 0.5) is 0 Å². The molecule has 1 saturated heterocycles. The van der Waals surface area contributed by atoms with E-state index < -0.39 is 0 Å². The second-order valence-electron chi connectivity index (χ2n) is 7.94. The smallest absolute Gasteiger partial charge is 0.194 e. The molecule has 29 heavy (non-hydrogen) atoms. The normalized spacial score (nSPS) is 15.5. The van der Waals surface area contributed by atoms with Gasteiger partial charge in [0.2, 0.25) is 0 Å². The van der Waals surface area contributed by atoms with Gasteiger partial charge in [0.15, 0.2) is 5.88 Å². The van der Waals surface area contributed by atoms with Crippen LogP contribution in [-0.2, 0) is 17.7 Å². The first-order valence-corrected chi connectivity index (χ1v) is 10.5. The highest BCUT2D eigenvalue weighted by Gasteiger charge is 2.24. The Morgan fingerprint density at radius 2 is 1.52 bits per heavy atom. The SMILES string of the molecule is CC(C)c1ccccc1C/C(=C1/OCCN1Cc1ccccc1)c1ccccc1. The van der Waals surface area contributed by atoms with E-state index in [1.807, 2.05) is 0 Å². The summed E-state index contributed by atoms with van der Waals surface area (Å²) in [5.74, 6) is 1.52. The molecule has 2 nitrogen and oxygen atoms in total. The molecule has 3 aromatic carbocycles. The molecule has 148 valence electrons. The second-order valence-corrected chi connectivity index (χ2v) is 7.94. The van der Waals surface area contributed by atoms with Crippen molar-refractivity contribution in [1.29, 1.82) is 0 Å². The lowest BCUT2D eigenvalue weighted by atomic mass is 9.90. The molecule has 0 amide bonds. The van der Waals surface area contributed by atoms with Gasteiger partial charge < -0.3 is 9.64 Å². The third-order valence-electron chi connectivity index (χ3n) is 5.53. The number of benzene rings is 3. The summed E-state index contributed by atoms with van der Waals surface area (Å²) in [7, 11) is 0. The molecule has 4 rings (SSSR count). The third kappa shape index (κ3) is 4.54. The van der Waals surface area contributed by atoms with Gasteiger partial charge in [-0.2, -0.15) is 0 Å². The first-order chi connectivity index (χ1) is 14.2. The van der Waals surface area contributed by atoms with Crippen molar-refractivity contribution < 1.29 is 4.74 Å². The maximum atomic E-state index is 6.23. The number of hydrogen-bond donors (Lipinski definition) is 0. The highest BCUT2D eigenvalue weighted by Crippen LogP contribution is 2.32. The fourth-order valence-corrected chi connectivity index (χ4v) is 4.07. The van der Waals surface area contributed by atoms with Crippen molar-refractivity contribution in [2.75, 3.05) is 13.2 Å². The Hall–Kier alpha value is -3.00. The molecule has 0 aliphatic carbocycles. The molecule has 1 aliphatic heterocycles. The average molecular weight is 384 g/mol. The average Bonchev–Trinajstić information content (AvgIpc) is 3.21. The number of allylic oxidation sites excluding steroid dienone is 1. The molecule has 1 fully saturated rings. The van der Waals surface area contributed by atoms with Crippen molar-refractivity contribution in [2.24, 2.45) is 0 Å². The van der Waals surface area contributed by atoms with E-state index in [1.165, 1.54) is 27.8 Å². The zero-order valence-corrected chi connectivity index (χ0v) is 17.3. The predicted molar refractivity (Wildman–Crippen MR) is 120 cm³/mol. The van der Waals surface area contributed by atoms with Gasteiger partial charge in [0.1, 0.15) is 6.61 Å². The number of rotatable bonds is 6. The first kappa shape index (κ1) is 19.3. The molecule has 0 radical (unpaired) electrons. The topological polar surface area (TPSA) is 12.5 Å². The molecule has 1 heterocycles. The number of ether oxygens (including phenoxy) is 1. The lowest BCUT2D eigenvalue weighted by molar-refractivity contribution is 0.233. The Balaban J connectivity index is 1.74. The minimum atomic E-state index is 0.498. The van der Waals surface area contributed by atoms with Crippen LogP contribution in [0.15, 0.2) is 90.8 Å². The van der Waals surface area contributed by atoms with E-state index >= 15 is 0 Å². The number of nitrogens with zero attached hydrogens (tertiary/aromatic N) is 1. The molecule has 0 atom stereocenters. The van der Waals surface area contributed by atoms with Gasteiger partial charge >= 0.3 is 0 Å². The van der Waals surface area contributed by atoms with E-state index in [0.717, 1.165) is 32.0 Å². The van der Waals surface area contributed by atoms with Crippen molar-refractivity contribution in [3.63, 3.8) is 0 Å². The molecule has 2 heteroatoms. The third-order valence-corrected chi connectivity index (χ3v) is 5.53. The van der Waals surface area contributed by atoms with Crippen LogP contribution in [0.25, 0.3) is 5.57 Å². The van der Waals surface area contributed by atoms with E-state index in [-0.39, 0.29) is 0 Å². The summed E-state index contributed by atoms with van der Waals surface area (Å²) in [4.78, 5) is 2.38. The molecule has 0 spiro atoms. The van der Waals surface area contributed by atoms with Crippen molar-refractivity contribution in [3.8, 4) is 0 Å². The Morgan fingerprint density at radius 1 is 0.862 bits per heavy atom. The van der Waals surface area contributed by atoms with E-state index in [1.54, 1.807) is 0 Å². The van der Waals surface area contributed by atoms with Gasteiger partial charge in [0, 0.05) is 18.5 Å². The highest BCUT2D eigenvalue weighted by atomic mass is 16.5. The van der Waals surface area contributed by atoms with Crippen molar-refractivity contribution in [1.82, 2.24) is 4.90 Å². The Labute approximate surface area is 174 Å². The quantitative estimate of drug-likeness (QED) is 0.498. The maximum Gasteiger partial charge on any atom is 0.194 e. The molecular weight excluding hydrogens is 354 g/mol. The zero-order valence-electron chi connectivity index (χ0n) is 17.3. The summed E-state index contributed by atoms with van der Waals surface area (Å²) in [6, 6.07) is 30.1. The Kier molecular flexibility index (Phi) is 6.00. The van der Waals surface area contributed by atoms with Crippen molar-refractivity contribution in [2.45, 2.75) is 32.7 Å². The molecule has 0 aromatic heterocycles. The molecular formula is C27H29NO.